The molecule has 1 aromatic rings. The van der Waals surface area contributed by atoms with Crippen molar-refractivity contribution >= 4 is 29.0 Å². The Morgan fingerprint density at radius 1 is 1.53 bits per heavy atom. The van der Waals surface area contributed by atoms with Crippen LogP contribution in [0.1, 0.15) is 13.8 Å². The number of carbonyl (C=O) groups is 1. The lowest BCUT2D eigenvalue weighted by Crippen LogP contribution is -2.29. The van der Waals surface area contributed by atoms with E-state index in [1.807, 2.05) is 18.2 Å². The Morgan fingerprint density at radius 3 is 3.00 bits per heavy atom. The molecule has 3 N–H and O–H groups in total. The fourth-order valence-electron chi connectivity index (χ4n) is 1.51. The molecule has 0 unspecified atom stereocenters. The Kier molecular flexibility index (Phi) is 3.31. The molecule has 4 nitrogen and oxygen atoms in total. The maximum Gasteiger partial charge on any atom is 0.234 e. The van der Waals surface area contributed by atoms with Gasteiger partial charge in [-0.3, -0.25) is 4.79 Å². The fraction of sp³-hybridized carbons (Fsp3) is 0.417. The van der Waals surface area contributed by atoms with E-state index < -0.39 is 5.60 Å². The first-order valence-electron chi connectivity index (χ1n) is 5.47. The molecular weight excluding hydrogens is 236 g/mol. The van der Waals surface area contributed by atoms with Crippen molar-refractivity contribution in [1.82, 2.24) is 0 Å². The van der Waals surface area contributed by atoms with E-state index in [9.17, 15) is 9.90 Å². The molecule has 1 heterocycles. The third-order valence-electron chi connectivity index (χ3n) is 2.34. The van der Waals surface area contributed by atoms with Crippen LogP contribution < -0.4 is 10.6 Å². The lowest BCUT2D eigenvalue weighted by atomic mass is 10.1. The molecule has 1 aliphatic heterocycles. The molecule has 0 radical (unpaired) electrons. The van der Waals surface area contributed by atoms with Gasteiger partial charge in [0.1, 0.15) is 0 Å². The summed E-state index contributed by atoms with van der Waals surface area (Å²) in [5, 5.41) is 15.6. The van der Waals surface area contributed by atoms with Crippen molar-refractivity contribution in [3.63, 3.8) is 0 Å². The predicted octanol–water partition coefficient (Wildman–Crippen LogP) is 1.91. The number of thioether (sulfide) groups is 1. The lowest BCUT2D eigenvalue weighted by Gasteiger charge is -2.21. The van der Waals surface area contributed by atoms with E-state index in [1.165, 1.54) is 11.8 Å². The Hall–Kier alpha value is -1.20. The summed E-state index contributed by atoms with van der Waals surface area (Å²) in [5.41, 5.74) is 0.981. The minimum atomic E-state index is -0.756. The van der Waals surface area contributed by atoms with E-state index in [0.717, 1.165) is 16.3 Å². The zero-order valence-corrected chi connectivity index (χ0v) is 10.7. The van der Waals surface area contributed by atoms with E-state index in [1.54, 1.807) is 13.8 Å². The van der Waals surface area contributed by atoms with Gasteiger partial charge in [-0.25, -0.2) is 0 Å². The number of benzene rings is 1. The van der Waals surface area contributed by atoms with Crippen LogP contribution >= 0.6 is 11.8 Å². The second-order valence-electron chi connectivity index (χ2n) is 4.71. The van der Waals surface area contributed by atoms with Gasteiger partial charge in [0.15, 0.2) is 0 Å². The number of aliphatic hydroxyl groups is 1. The minimum absolute atomic E-state index is 0.0298. The van der Waals surface area contributed by atoms with Crippen LogP contribution in [-0.4, -0.2) is 28.9 Å². The van der Waals surface area contributed by atoms with E-state index in [0.29, 0.717) is 12.3 Å². The first-order chi connectivity index (χ1) is 7.94. The number of hydrogen-bond donors (Lipinski definition) is 3. The smallest absolute Gasteiger partial charge is 0.234 e. The second kappa shape index (κ2) is 4.58. The number of fused-ring (bicyclic) bond motifs is 1. The summed E-state index contributed by atoms with van der Waals surface area (Å²) in [6.45, 7) is 3.96. The maximum absolute atomic E-state index is 11.3. The number of amides is 1. The first-order valence-corrected chi connectivity index (χ1v) is 6.45. The van der Waals surface area contributed by atoms with Gasteiger partial charge in [-0.1, -0.05) is 0 Å². The van der Waals surface area contributed by atoms with Crippen molar-refractivity contribution in [2.24, 2.45) is 0 Å². The quantitative estimate of drug-likeness (QED) is 0.769. The summed E-state index contributed by atoms with van der Waals surface area (Å²) < 4.78 is 0. The van der Waals surface area contributed by atoms with Crippen molar-refractivity contribution < 1.29 is 9.90 Å². The van der Waals surface area contributed by atoms with E-state index in [4.69, 9.17) is 0 Å². The van der Waals surface area contributed by atoms with Crippen LogP contribution in [0.5, 0.6) is 0 Å². The molecule has 1 aromatic carbocycles. The highest BCUT2D eigenvalue weighted by molar-refractivity contribution is 8.00. The topological polar surface area (TPSA) is 61.4 Å². The SMILES string of the molecule is CC(C)(O)CNc1ccc2c(c1)NC(=O)CS2. The molecular formula is C12H16N2O2S. The van der Waals surface area contributed by atoms with E-state index in [-0.39, 0.29) is 5.91 Å². The molecule has 92 valence electrons. The van der Waals surface area contributed by atoms with Gasteiger partial charge in [0.2, 0.25) is 5.91 Å². The van der Waals surface area contributed by atoms with Crippen molar-refractivity contribution in [2.45, 2.75) is 24.3 Å². The van der Waals surface area contributed by atoms with Crippen LogP contribution in [0, 0.1) is 0 Å². The van der Waals surface area contributed by atoms with Gasteiger partial charge in [-0.05, 0) is 32.0 Å². The molecule has 0 saturated carbocycles. The predicted molar refractivity (Wildman–Crippen MR) is 70.6 cm³/mol. The van der Waals surface area contributed by atoms with Crippen LogP contribution in [0.25, 0.3) is 0 Å². The number of rotatable bonds is 3. The van der Waals surface area contributed by atoms with Crippen LogP contribution in [-0.2, 0) is 4.79 Å². The molecule has 1 aliphatic rings. The van der Waals surface area contributed by atoms with Crippen LogP contribution in [0.3, 0.4) is 0 Å². The van der Waals surface area contributed by atoms with Crippen molar-refractivity contribution in [3.8, 4) is 0 Å². The van der Waals surface area contributed by atoms with Crippen molar-refractivity contribution in [1.29, 1.82) is 0 Å². The highest BCUT2D eigenvalue weighted by atomic mass is 32.2. The molecule has 1 amide bonds. The molecule has 0 spiro atoms. The molecule has 2 rings (SSSR count). The Morgan fingerprint density at radius 2 is 2.29 bits per heavy atom. The minimum Gasteiger partial charge on any atom is -0.389 e. The van der Waals surface area contributed by atoms with Gasteiger partial charge in [0.05, 0.1) is 17.0 Å². The monoisotopic (exact) mass is 252 g/mol. The largest absolute Gasteiger partial charge is 0.389 e. The van der Waals surface area contributed by atoms with E-state index in [2.05, 4.69) is 10.6 Å². The molecule has 0 aromatic heterocycles. The Balaban J connectivity index is 2.10. The van der Waals surface area contributed by atoms with Crippen LogP contribution in [0.2, 0.25) is 0 Å². The number of nitrogens with one attached hydrogen (secondary N) is 2. The molecule has 0 aliphatic carbocycles. The lowest BCUT2D eigenvalue weighted by molar-refractivity contribution is -0.113. The highest BCUT2D eigenvalue weighted by Crippen LogP contribution is 2.33. The highest BCUT2D eigenvalue weighted by Gasteiger charge is 2.16. The first kappa shape index (κ1) is 12.3. The summed E-state index contributed by atoms with van der Waals surface area (Å²) in [7, 11) is 0. The van der Waals surface area contributed by atoms with Gasteiger partial charge >= 0.3 is 0 Å². The zero-order valence-electron chi connectivity index (χ0n) is 9.91. The average Bonchev–Trinajstić information content (AvgIpc) is 2.24. The summed E-state index contributed by atoms with van der Waals surface area (Å²) in [4.78, 5) is 12.3. The van der Waals surface area contributed by atoms with Gasteiger partial charge in [-0.15, -0.1) is 11.8 Å². The third-order valence-corrected chi connectivity index (χ3v) is 3.41. The summed E-state index contributed by atoms with van der Waals surface area (Å²) in [6.07, 6.45) is 0. The Bertz CT molecular complexity index is 441. The molecule has 17 heavy (non-hydrogen) atoms. The summed E-state index contributed by atoms with van der Waals surface area (Å²) >= 11 is 1.54. The fourth-order valence-corrected chi connectivity index (χ4v) is 2.30. The van der Waals surface area contributed by atoms with Gasteiger partial charge in [0, 0.05) is 17.1 Å². The van der Waals surface area contributed by atoms with Crippen LogP contribution in [0.4, 0.5) is 11.4 Å². The summed E-state index contributed by atoms with van der Waals surface area (Å²) in [5.74, 6) is 0.505. The number of carbonyl (C=O) groups excluding carboxylic acids is 1. The molecule has 5 heteroatoms. The summed E-state index contributed by atoms with van der Waals surface area (Å²) in [6, 6.07) is 5.83. The van der Waals surface area contributed by atoms with Gasteiger partial charge in [0.25, 0.3) is 0 Å². The van der Waals surface area contributed by atoms with E-state index >= 15 is 0 Å². The molecule has 0 atom stereocenters. The van der Waals surface area contributed by atoms with Crippen molar-refractivity contribution in [2.75, 3.05) is 22.9 Å². The maximum atomic E-state index is 11.3. The van der Waals surface area contributed by atoms with Gasteiger partial charge < -0.3 is 15.7 Å². The van der Waals surface area contributed by atoms with Crippen molar-refractivity contribution in [3.05, 3.63) is 18.2 Å². The number of hydrogen-bond acceptors (Lipinski definition) is 4. The molecule has 0 bridgehead atoms. The van der Waals surface area contributed by atoms with Gasteiger partial charge in [-0.2, -0.15) is 0 Å². The normalized spacial score (nSPS) is 15.1. The zero-order chi connectivity index (χ0) is 12.5. The Labute approximate surface area is 105 Å². The molecule has 0 fully saturated rings. The third kappa shape index (κ3) is 3.38. The average molecular weight is 252 g/mol. The number of anilines is 2. The standard InChI is InChI=1S/C12H16N2O2S/c1-12(2,16)7-13-8-3-4-10-9(5-8)14-11(15)6-17-10/h3-5,13,16H,6-7H2,1-2H3,(H,14,15). The molecule has 0 saturated heterocycles. The van der Waals surface area contributed by atoms with Crippen LogP contribution in [0.15, 0.2) is 23.1 Å². The second-order valence-corrected chi connectivity index (χ2v) is 5.73.